The molecule has 9 nitrogen and oxygen atoms in total. The van der Waals surface area contributed by atoms with E-state index in [-0.39, 0.29) is 51.8 Å². The Balaban J connectivity index is 1.29. The van der Waals surface area contributed by atoms with E-state index >= 15 is 0 Å². The number of allylic oxidation sites excluding steroid dienone is 1. The van der Waals surface area contributed by atoms with Crippen LogP contribution in [0.4, 0.5) is 0 Å². The zero-order chi connectivity index (χ0) is 41.2. The van der Waals surface area contributed by atoms with Crippen LogP contribution in [0.1, 0.15) is 132 Å². The fourth-order valence-electron chi connectivity index (χ4n) is 13.7. The van der Waals surface area contributed by atoms with Gasteiger partial charge in [-0.25, -0.2) is 0 Å². The van der Waals surface area contributed by atoms with Gasteiger partial charge in [0.05, 0.1) is 17.9 Å². The van der Waals surface area contributed by atoms with E-state index < -0.39 is 28.9 Å². The van der Waals surface area contributed by atoms with Crippen molar-refractivity contribution in [3.8, 4) is 0 Å². The first-order valence-electron chi connectivity index (χ1n) is 21.7. The molecule has 9 atom stereocenters. The summed E-state index contributed by atoms with van der Waals surface area (Å²) in [5, 5.41) is 22.3. The van der Waals surface area contributed by atoms with Gasteiger partial charge in [-0.05, 0) is 142 Å². The van der Waals surface area contributed by atoms with E-state index in [2.05, 4.69) is 89.5 Å². The lowest BCUT2D eigenvalue weighted by molar-refractivity contribution is -0.235. The van der Waals surface area contributed by atoms with Crippen LogP contribution < -0.4 is 0 Å². The van der Waals surface area contributed by atoms with E-state index in [4.69, 9.17) is 4.74 Å². The number of Topliss-reactive ketones (excluding diaryl/α,β-unsaturated/α-hetero) is 1. The largest absolute Gasteiger partial charge is 0.481 e. The molecule has 5 aliphatic rings. The molecular formula is C47H73N3O6. The summed E-state index contributed by atoms with van der Waals surface area (Å²) in [7, 11) is 4.18. The molecule has 1 heterocycles. The minimum atomic E-state index is -1.17. The Labute approximate surface area is 337 Å². The van der Waals surface area contributed by atoms with E-state index in [0.29, 0.717) is 24.8 Å². The van der Waals surface area contributed by atoms with Gasteiger partial charge in [0.2, 0.25) is 0 Å². The Bertz CT molecular complexity index is 1690. The third-order valence-corrected chi connectivity index (χ3v) is 17.0. The number of aliphatic hydroxyl groups is 1. The van der Waals surface area contributed by atoms with E-state index in [1.54, 1.807) is 13.8 Å². The first-order valence-corrected chi connectivity index (χ1v) is 21.7. The average Bonchev–Trinajstić information content (AvgIpc) is 3.42. The Kier molecular flexibility index (Phi) is 11.7. The molecule has 1 aromatic rings. The molecule has 0 aliphatic heterocycles. The van der Waals surface area contributed by atoms with Crippen molar-refractivity contribution in [2.24, 2.45) is 56.2 Å². The maximum atomic E-state index is 14.3. The number of ether oxygens (including phenoxy) is 1. The highest BCUT2D eigenvalue weighted by atomic mass is 16.5. The van der Waals surface area contributed by atoms with E-state index in [1.807, 2.05) is 12.4 Å². The Morgan fingerprint density at radius 3 is 2.23 bits per heavy atom. The molecule has 56 heavy (non-hydrogen) atoms. The topological polar surface area (TPSA) is 120 Å². The Hall–Kier alpha value is -2.62. The molecule has 4 fully saturated rings. The summed E-state index contributed by atoms with van der Waals surface area (Å²) < 4.78 is 6.19. The number of likely N-dealkylation sites (N-methyl/N-ethyl adjacent to an activating group) is 1. The van der Waals surface area contributed by atoms with Crippen LogP contribution in [0.2, 0.25) is 0 Å². The minimum Gasteiger partial charge on any atom is -0.481 e. The normalized spacial score (nSPS) is 35.9. The van der Waals surface area contributed by atoms with Crippen LogP contribution in [-0.2, 0) is 25.7 Å². The van der Waals surface area contributed by atoms with E-state index in [9.17, 15) is 24.6 Å². The lowest BCUT2D eigenvalue weighted by Crippen LogP contribution is -2.66. The first-order chi connectivity index (χ1) is 26.0. The molecule has 0 spiro atoms. The van der Waals surface area contributed by atoms with Gasteiger partial charge < -0.3 is 19.8 Å². The molecule has 0 aromatic carbocycles. The zero-order valence-electron chi connectivity index (χ0n) is 36.5. The van der Waals surface area contributed by atoms with Gasteiger partial charge in [-0.3, -0.25) is 24.3 Å². The first kappa shape index (κ1) is 43.0. The molecule has 0 amide bonds. The van der Waals surface area contributed by atoms with Crippen molar-refractivity contribution in [1.29, 1.82) is 0 Å². The number of hydrogen-bond donors (Lipinski definition) is 2. The van der Waals surface area contributed by atoms with Crippen molar-refractivity contribution in [1.82, 2.24) is 14.8 Å². The number of nitrogens with zero attached hydrogens (tertiary/aromatic N) is 3. The molecule has 6 rings (SSSR count). The lowest BCUT2D eigenvalue weighted by Gasteiger charge is -2.72. The third kappa shape index (κ3) is 7.12. The summed E-state index contributed by atoms with van der Waals surface area (Å²) in [6.07, 6.45) is 10.9. The van der Waals surface area contributed by atoms with Crippen molar-refractivity contribution in [3.63, 3.8) is 0 Å². The molecule has 0 radical (unpaired) electrons. The highest BCUT2D eigenvalue weighted by Gasteiger charge is 2.71. The molecule has 2 N–H and O–H groups in total. The SMILES string of the molecule is CC(C)C1=C2[C@H]3CC[C@@H]4[C@@]5(C)CCC(OC(=O)CC(C)(C)C(=O)O)C(C)(C)[C@@H]5CC[C@@]4(C)[C@]3(C)CC[C@@]2([C@@H](O)CN(CCN(C)C)Cc2ccncc2)CC1=O. The fourth-order valence-corrected chi connectivity index (χ4v) is 13.7. The van der Waals surface area contributed by atoms with Crippen LogP contribution >= 0.6 is 0 Å². The Morgan fingerprint density at radius 1 is 0.929 bits per heavy atom. The predicted molar refractivity (Wildman–Crippen MR) is 219 cm³/mol. The summed E-state index contributed by atoms with van der Waals surface area (Å²) in [4.78, 5) is 48.0. The second kappa shape index (κ2) is 15.2. The summed E-state index contributed by atoms with van der Waals surface area (Å²) in [6, 6.07) is 4.11. The Morgan fingerprint density at radius 2 is 1.61 bits per heavy atom. The van der Waals surface area contributed by atoms with Crippen LogP contribution in [0.15, 0.2) is 35.7 Å². The number of carboxylic acids is 1. The molecule has 5 aliphatic carbocycles. The van der Waals surface area contributed by atoms with Gasteiger partial charge >= 0.3 is 11.9 Å². The molecule has 312 valence electrons. The van der Waals surface area contributed by atoms with Gasteiger partial charge in [-0.15, -0.1) is 0 Å². The monoisotopic (exact) mass is 776 g/mol. The number of fused-ring (bicyclic) bond motifs is 7. The van der Waals surface area contributed by atoms with Crippen molar-refractivity contribution >= 4 is 17.7 Å². The molecule has 1 unspecified atom stereocenters. The number of ketones is 1. The number of aliphatic carboxylic acids is 1. The van der Waals surface area contributed by atoms with Crippen molar-refractivity contribution in [2.45, 2.75) is 145 Å². The summed E-state index contributed by atoms with van der Waals surface area (Å²) >= 11 is 0. The predicted octanol–water partition coefficient (Wildman–Crippen LogP) is 8.20. The second-order valence-corrected chi connectivity index (χ2v) is 21.5. The van der Waals surface area contributed by atoms with Gasteiger partial charge in [-0.1, -0.05) is 54.0 Å². The number of carbonyl (C=O) groups is 3. The van der Waals surface area contributed by atoms with Gasteiger partial charge in [0.15, 0.2) is 5.78 Å². The molecular weight excluding hydrogens is 703 g/mol. The summed E-state index contributed by atoms with van der Waals surface area (Å²) in [5.41, 5.74) is 1.61. The standard InChI is InChI=1S/C47H73N3O6/c1-30(2)39-33(51)26-47(36(52)29-50(25-24-49(10)11)28-31-16-22-48-23-17-31)21-20-45(8)32(40(39)47)12-13-35-44(7)18-15-37(56-38(53)27-42(3,4)41(54)55)43(5,6)34(44)14-19-46(35,45)9/h16-17,22-23,30,32,34-37,52H,12-15,18-21,24-29H2,1-11H3,(H,54,55)/t32-,34+,35-,36+,37?,44+,45-,46-,47+/m1/s1. The average molecular weight is 776 g/mol. The van der Waals surface area contributed by atoms with Crippen LogP contribution in [0.25, 0.3) is 0 Å². The van der Waals surface area contributed by atoms with Crippen molar-refractivity contribution < 1.29 is 29.3 Å². The number of carboxylic acid groups (broad SMARTS) is 1. The number of aromatic nitrogens is 1. The smallest absolute Gasteiger partial charge is 0.309 e. The number of hydrogen-bond acceptors (Lipinski definition) is 8. The number of aliphatic hydroxyl groups excluding tert-OH is 1. The van der Waals surface area contributed by atoms with Gasteiger partial charge in [0.1, 0.15) is 6.10 Å². The van der Waals surface area contributed by atoms with Crippen LogP contribution in [0, 0.1) is 56.2 Å². The molecule has 0 bridgehead atoms. The maximum absolute atomic E-state index is 14.3. The molecule has 9 heteroatoms. The zero-order valence-corrected chi connectivity index (χ0v) is 36.5. The minimum absolute atomic E-state index is 0.0231. The summed E-state index contributed by atoms with van der Waals surface area (Å²) in [5.74, 6) is 0.0379. The number of esters is 1. The second-order valence-electron chi connectivity index (χ2n) is 21.5. The van der Waals surface area contributed by atoms with Crippen molar-refractivity contribution in [2.75, 3.05) is 33.7 Å². The summed E-state index contributed by atoms with van der Waals surface area (Å²) in [6.45, 7) is 22.7. The van der Waals surface area contributed by atoms with Gasteiger partial charge in [0, 0.05) is 55.8 Å². The van der Waals surface area contributed by atoms with Crippen LogP contribution in [0.3, 0.4) is 0 Å². The quantitative estimate of drug-likeness (QED) is 0.191. The highest BCUT2D eigenvalue weighted by molar-refractivity contribution is 6.00. The molecule has 1 aromatic heterocycles. The van der Waals surface area contributed by atoms with Crippen molar-refractivity contribution in [3.05, 3.63) is 41.2 Å². The van der Waals surface area contributed by atoms with Gasteiger partial charge in [0.25, 0.3) is 0 Å². The van der Waals surface area contributed by atoms with E-state index in [0.717, 1.165) is 76.6 Å². The van der Waals surface area contributed by atoms with Crippen LogP contribution in [0.5, 0.6) is 0 Å². The number of rotatable bonds is 13. The third-order valence-electron chi connectivity index (χ3n) is 17.0. The lowest BCUT2D eigenvalue weighted by atomic mass is 9.33. The fraction of sp³-hybridized carbons (Fsp3) is 0.787. The number of pyridine rings is 1. The highest BCUT2D eigenvalue weighted by Crippen LogP contribution is 2.77. The van der Waals surface area contributed by atoms with Crippen LogP contribution in [-0.4, -0.2) is 88.7 Å². The molecule has 0 saturated heterocycles. The van der Waals surface area contributed by atoms with Gasteiger partial charge in [-0.2, -0.15) is 0 Å². The van der Waals surface area contributed by atoms with E-state index in [1.165, 1.54) is 11.1 Å². The molecule has 4 saturated carbocycles. The maximum Gasteiger partial charge on any atom is 0.309 e. The number of carbonyl (C=O) groups excluding carboxylic acids is 2.